The number of amides is 5. The van der Waals surface area contributed by atoms with Gasteiger partial charge in [0.15, 0.2) is 0 Å². The average molecular weight is 835 g/mol. The molecule has 2 aromatic heterocycles. The van der Waals surface area contributed by atoms with E-state index in [1.54, 1.807) is 50.4 Å². The summed E-state index contributed by atoms with van der Waals surface area (Å²) < 4.78 is 25.1. The molecule has 0 bridgehead atoms. The van der Waals surface area contributed by atoms with E-state index in [0.29, 0.717) is 42.6 Å². The Hall–Kier alpha value is -6.13. The number of methoxy groups -OCH3 is 2. The molecule has 16 nitrogen and oxygen atoms in total. The minimum absolute atomic E-state index is 0.0352. The van der Waals surface area contributed by atoms with Crippen molar-refractivity contribution < 1.29 is 42.9 Å². The highest BCUT2D eigenvalue weighted by atomic mass is 16.5. The molecule has 4 aliphatic rings. The molecule has 3 fully saturated rings. The van der Waals surface area contributed by atoms with Gasteiger partial charge in [0.2, 0.25) is 17.7 Å². The third-order valence-corrected chi connectivity index (χ3v) is 13.0. The minimum Gasteiger partial charge on any atom is -0.496 e. The second kappa shape index (κ2) is 17.1. The van der Waals surface area contributed by atoms with Crippen LogP contribution in [0.15, 0.2) is 59.8 Å². The molecular formula is C45H50N6O10. The third-order valence-electron chi connectivity index (χ3n) is 13.0. The number of likely N-dealkylation sites (tertiary alicyclic amines) is 1. The van der Waals surface area contributed by atoms with Gasteiger partial charge in [-0.05, 0) is 85.8 Å². The Bertz CT molecular complexity index is 2450. The maximum atomic E-state index is 13.3. The van der Waals surface area contributed by atoms with Crippen LogP contribution in [0.25, 0.3) is 21.9 Å². The molecule has 1 saturated carbocycles. The Balaban J connectivity index is 0.815. The zero-order chi connectivity index (χ0) is 43.0. The average Bonchev–Trinajstić information content (AvgIpc) is 3.51. The van der Waals surface area contributed by atoms with Crippen molar-refractivity contribution in [3.05, 3.63) is 82.0 Å². The Morgan fingerprint density at radius 2 is 1.66 bits per heavy atom. The summed E-state index contributed by atoms with van der Waals surface area (Å²) in [4.78, 5) is 85.9. The summed E-state index contributed by atoms with van der Waals surface area (Å²) in [5, 5.41) is 3.54. The molecule has 2 saturated heterocycles. The van der Waals surface area contributed by atoms with Crippen LogP contribution < -0.4 is 25.1 Å². The molecule has 1 spiro atoms. The van der Waals surface area contributed by atoms with Gasteiger partial charge in [-0.1, -0.05) is 6.07 Å². The molecule has 8 rings (SSSR count). The van der Waals surface area contributed by atoms with Gasteiger partial charge in [0, 0.05) is 63.3 Å². The lowest BCUT2D eigenvalue weighted by molar-refractivity contribution is -0.138. The number of fused-ring (bicyclic) bond motifs is 2. The van der Waals surface area contributed by atoms with E-state index in [-0.39, 0.29) is 72.8 Å². The second-order valence-electron chi connectivity index (χ2n) is 16.3. The van der Waals surface area contributed by atoms with Gasteiger partial charge in [0.1, 0.15) is 29.9 Å². The van der Waals surface area contributed by atoms with Crippen molar-refractivity contribution in [3.8, 4) is 28.4 Å². The number of carbonyl (C=O) groups excluding carboxylic acids is 5. The maximum absolute atomic E-state index is 13.3. The highest BCUT2D eigenvalue weighted by Gasteiger charge is 2.50. The highest BCUT2D eigenvalue weighted by Crippen LogP contribution is 2.52. The number of benzene rings is 2. The van der Waals surface area contributed by atoms with Crippen LogP contribution in [0.3, 0.4) is 0 Å². The molecule has 0 radical (unpaired) electrons. The van der Waals surface area contributed by atoms with Crippen LogP contribution >= 0.6 is 0 Å². The fraction of sp³-hybridized carbons (Fsp3) is 0.444. The summed E-state index contributed by atoms with van der Waals surface area (Å²) in [6.07, 6.45) is 9.44. The largest absolute Gasteiger partial charge is 0.496 e. The van der Waals surface area contributed by atoms with Gasteiger partial charge in [0.05, 0.1) is 55.9 Å². The first-order chi connectivity index (χ1) is 29.4. The van der Waals surface area contributed by atoms with Crippen LogP contribution in [0.2, 0.25) is 0 Å². The number of aryl methyl sites for hydroxylation is 1. The van der Waals surface area contributed by atoms with E-state index in [1.807, 2.05) is 29.3 Å². The Morgan fingerprint density at radius 1 is 0.902 bits per heavy atom. The normalized spacial score (nSPS) is 19.6. The lowest BCUT2D eigenvalue weighted by Gasteiger charge is -2.57. The quantitative estimate of drug-likeness (QED) is 0.144. The van der Waals surface area contributed by atoms with Crippen LogP contribution in [0.1, 0.15) is 71.2 Å². The summed E-state index contributed by atoms with van der Waals surface area (Å²) >= 11 is 0. The van der Waals surface area contributed by atoms with Crippen molar-refractivity contribution in [2.24, 2.45) is 12.5 Å². The van der Waals surface area contributed by atoms with Crippen molar-refractivity contribution in [1.29, 1.82) is 0 Å². The predicted molar refractivity (Wildman–Crippen MR) is 222 cm³/mol. The Morgan fingerprint density at radius 3 is 2.34 bits per heavy atom. The molecular weight excluding hydrogens is 785 g/mol. The first-order valence-electron chi connectivity index (χ1n) is 20.7. The van der Waals surface area contributed by atoms with E-state index >= 15 is 0 Å². The van der Waals surface area contributed by atoms with E-state index < -0.39 is 29.7 Å². The standard InChI is InChI=1S/C45H50N6O10/c1-48(26-32-35(58-3)22-27(23-36(32)59-4)31-25-49(2)42(55)30-24-46-16-11-28(30)31)37-10-13-45(37)14-17-50(18-15-45)39(53)12-19-60-20-21-61-34-7-5-6-29-40(34)44(57)51(43(29)56)33-8-9-38(52)47-41(33)54/h5-7,11,16,22-25,33,37H,8-10,12-15,17-21,26H2,1-4H3,(H,47,52,54). The van der Waals surface area contributed by atoms with Gasteiger partial charge < -0.3 is 28.4 Å². The number of hydrogen-bond acceptors (Lipinski definition) is 12. The fourth-order valence-electron chi connectivity index (χ4n) is 9.59. The molecule has 5 heterocycles. The summed E-state index contributed by atoms with van der Waals surface area (Å²) in [5.74, 6) is -0.712. The summed E-state index contributed by atoms with van der Waals surface area (Å²) in [5.41, 5.74) is 2.91. The van der Waals surface area contributed by atoms with Crippen molar-refractivity contribution in [1.82, 2.24) is 29.6 Å². The number of hydrogen-bond donors (Lipinski definition) is 1. The van der Waals surface area contributed by atoms with Crippen molar-refractivity contribution >= 4 is 40.3 Å². The molecule has 2 unspecified atom stereocenters. The number of carbonyl (C=O) groups is 5. The lowest BCUT2D eigenvalue weighted by Crippen LogP contribution is -2.58. The van der Waals surface area contributed by atoms with Crippen molar-refractivity contribution in [2.45, 2.75) is 63.6 Å². The van der Waals surface area contributed by atoms with Gasteiger partial charge in [-0.25, -0.2) is 0 Å². The number of piperidine rings is 2. The Kier molecular flexibility index (Phi) is 11.7. The third kappa shape index (κ3) is 7.74. The van der Waals surface area contributed by atoms with Crippen LogP contribution in [0, 0.1) is 5.41 Å². The topological polar surface area (TPSA) is 179 Å². The number of pyridine rings is 2. The molecule has 4 aromatic rings. The van der Waals surface area contributed by atoms with Crippen LogP contribution in [0.4, 0.5) is 0 Å². The molecule has 3 aliphatic heterocycles. The molecule has 5 amide bonds. The molecule has 320 valence electrons. The van der Waals surface area contributed by atoms with Gasteiger partial charge in [-0.15, -0.1) is 0 Å². The van der Waals surface area contributed by atoms with Gasteiger partial charge in [-0.2, -0.15) is 0 Å². The molecule has 1 N–H and O–H groups in total. The minimum atomic E-state index is -1.06. The first kappa shape index (κ1) is 41.6. The SMILES string of the molecule is COc1cc(-c2cn(C)c(=O)c3cnccc23)cc(OC)c1CN(C)C1CCC12CCN(C(=O)CCOCCOc1cccc3c1C(=O)N(C1CCC(=O)NC1=O)C3=O)CC2. The number of imide groups is 2. The number of aromatic nitrogens is 2. The summed E-state index contributed by atoms with van der Waals surface area (Å²) in [7, 11) is 7.19. The molecule has 2 aromatic carbocycles. The molecule has 2 atom stereocenters. The second-order valence-corrected chi connectivity index (χ2v) is 16.3. The fourth-order valence-corrected chi connectivity index (χ4v) is 9.59. The number of nitrogens with zero attached hydrogens (tertiary/aromatic N) is 5. The zero-order valence-electron chi connectivity index (χ0n) is 34.9. The van der Waals surface area contributed by atoms with Crippen molar-refractivity contribution in [3.63, 3.8) is 0 Å². The molecule has 16 heteroatoms. The van der Waals surface area contributed by atoms with E-state index in [0.717, 1.165) is 52.7 Å². The van der Waals surface area contributed by atoms with Gasteiger partial charge >= 0.3 is 0 Å². The highest BCUT2D eigenvalue weighted by molar-refractivity contribution is 6.24. The summed E-state index contributed by atoms with van der Waals surface area (Å²) in [6, 6.07) is 9.82. The van der Waals surface area contributed by atoms with E-state index in [1.165, 1.54) is 6.07 Å². The smallest absolute Gasteiger partial charge is 0.266 e. The van der Waals surface area contributed by atoms with Gasteiger partial charge in [0.25, 0.3) is 17.4 Å². The molecule has 61 heavy (non-hydrogen) atoms. The zero-order valence-corrected chi connectivity index (χ0v) is 34.9. The lowest BCUT2D eigenvalue weighted by atomic mass is 9.58. The van der Waals surface area contributed by atoms with Crippen molar-refractivity contribution in [2.75, 3.05) is 54.2 Å². The number of nitrogens with one attached hydrogen (secondary N) is 1. The van der Waals surface area contributed by atoms with Crippen LogP contribution in [0.5, 0.6) is 17.2 Å². The summed E-state index contributed by atoms with van der Waals surface area (Å²) in [6.45, 7) is 2.42. The van der Waals surface area contributed by atoms with Gasteiger partial charge in [-0.3, -0.25) is 48.9 Å². The number of rotatable bonds is 14. The first-order valence-corrected chi connectivity index (χ1v) is 20.7. The monoisotopic (exact) mass is 834 g/mol. The number of ether oxygens (including phenoxy) is 4. The van der Waals surface area contributed by atoms with E-state index in [4.69, 9.17) is 18.9 Å². The predicted octanol–water partition coefficient (Wildman–Crippen LogP) is 3.71. The van der Waals surface area contributed by atoms with E-state index in [2.05, 4.69) is 22.2 Å². The molecule has 1 aliphatic carbocycles. The van der Waals surface area contributed by atoms with Crippen LogP contribution in [-0.2, 0) is 32.7 Å². The Labute approximate surface area is 352 Å². The van der Waals surface area contributed by atoms with E-state index in [9.17, 15) is 28.8 Å². The van der Waals surface area contributed by atoms with Crippen LogP contribution in [-0.4, -0.2) is 120 Å². The maximum Gasteiger partial charge on any atom is 0.266 e.